The van der Waals surface area contributed by atoms with Crippen molar-refractivity contribution in [2.24, 2.45) is 11.8 Å². The van der Waals surface area contributed by atoms with Gasteiger partial charge in [0.15, 0.2) is 0 Å². The molecule has 1 aliphatic heterocycles. The van der Waals surface area contributed by atoms with Gasteiger partial charge < -0.3 is 25.2 Å². The molecule has 4 amide bonds. The molecule has 3 rings (SSSR count). The summed E-state index contributed by atoms with van der Waals surface area (Å²) >= 11 is 0. The third-order valence-corrected chi connectivity index (χ3v) is 6.72. The monoisotopic (exact) mass is 458 g/mol. The Morgan fingerprint density at radius 1 is 1.09 bits per heavy atom. The summed E-state index contributed by atoms with van der Waals surface area (Å²) in [6.07, 6.45) is 5.43. The second-order valence-electron chi connectivity index (χ2n) is 9.55. The number of nitrogens with one attached hydrogen (secondary N) is 2. The molecular formula is C25H38N4O4. The average Bonchev–Trinajstić information content (AvgIpc) is 2.82. The van der Waals surface area contributed by atoms with Crippen LogP contribution in [0.1, 0.15) is 52.9 Å². The molecule has 1 heterocycles. The molecule has 0 aromatic heterocycles. The van der Waals surface area contributed by atoms with Gasteiger partial charge in [-0.3, -0.25) is 9.59 Å². The Balaban J connectivity index is 1.58. The van der Waals surface area contributed by atoms with Crippen LogP contribution in [0.15, 0.2) is 24.3 Å². The number of piperazine rings is 1. The summed E-state index contributed by atoms with van der Waals surface area (Å²) in [5.41, 5.74) is 0.588. The third kappa shape index (κ3) is 6.39. The first-order valence-electron chi connectivity index (χ1n) is 12.1. The Hall–Kier alpha value is -2.77. The Bertz CT molecular complexity index is 837. The highest BCUT2D eigenvalue weighted by Gasteiger charge is 2.36. The molecule has 1 saturated heterocycles. The molecule has 0 spiro atoms. The van der Waals surface area contributed by atoms with Crippen molar-refractivity contribution in [3.63, 3.8) is 0 Å². The second-order valence-corrected chi connectivity index (χ2v) is 9.55. The second kappa shape index (κ2) is 11.4. The normalized spacial score (nSPS) is 20.3. The van der Waals surface area contributed by atoms with Gasteiger partial charge in [0.1, 0.15) is 11.8 Å². The number of carbonyl (C=O) groups excluding carboxylic acids is 3. The van der Waals surface area contributed by atoms with Crippen molar-refractivity contribution in [1.82, 2.24) is 15.1 Å². The molecule has 1 aromatic rings. The van der Waals surface area contributed by atoms with Gasteiger partial charge in [-0.15, -0.1) is 0 Å². The molecule has 182 valence electrons. The Labute approximate surface area is 197 Å². The number of methoxy groups -OCH3 is 1. The Kier molecular flexibility index (Phi) is 8.58. The van der Waals surface area contributed by atoms with Crippen molar-refractivity contribution in [2.45, 2.75) is 65.0 Å². The average molecular weight is 459 g/mol. The van der Waals surface area contributed by atoms with Crippen LogP contribution in [0.4, 0.5) is 10.5 Å². The number of anilines is 1. The lowest BCUT2D eigenvalue weighted by molar-refractivity contribution is -0.147. The van der Waals surface area contributed by atoms with Crippen molar-refractivity contribution in [1.29, 1.82) is 0 Å². The van der Waals surface area contributed by atoms with Crippen molar-refractivity contribution in [3.8, 4) is 5.75 Å². The van der Waals surface area contributed by atoms with Crippen LogP contribution in [-0.2, 0) is 9.59 Å². The largest absolute Gasteiger partial charge is 0.497 e. The van der Waals surface area contributed by atoms with E-state index in [0.717, 1.165) is 25.7 Å². The zero-order valence-electron chi connectivity index (χ0n) is 20.3. The van der Waals surface area contributed by atoms with Gasteiger partial charge in [0, 0.05) is 43.3 Å². The fourth-order valence-electron chi connectivity index (χ4n) is 4.79. The van der Waals surface area contributed by atoms with Crippen LogP contribution >= 0.6 is 0 Å². The van der Waals surface area contributed by atoms with E-state index in [1.807, 2.05) is 25.7 Å². The highest BCUT2D eigenvalue weighted by atomic mass is 16.5. The van der Waals surface area contributed by atoms with E-state index in [4.69, 9.17) is 4.74 Å². The number of benzene rings is 1. The zero-order chi connectivity index (χ0) is 24.0. The summed E-state index contributed by atoms with van der Waals surface area (Å²) in [4.78, 5) is 42.7. The minimum atomic E-state index is -0.650. The molecule has 2 aliphatic rings. The molecule has 8 nitrogen and oxygen atoms in total. The van der Waals surface area contributed by atoms with Crippen molar-refractivity contribution >= 4 is 23.5 Å². The Morgan fingerprint density at radius 3 is 2.45 bits per heavy atom. The topological polar surface area (TPSA) is 91.0 Å². The van der Waals surface area contributed by atoms with E-state index >= 15 is 0 Å². The summed E-state index contributed by atoms with van der Waals surface area (Å²) < 4.78 is 5.19. The van der Waals surface area contributed by atoms with Gasteiger partial charge in [0.25, 0.3) is 0 Å². The third-order valence-electron chi connectivity index (χ3n) is 6.72. The number of nitrogens with zero attached hydrogens (tertiary/aromatic N) is 2. The van der Waals surface area contributed by atoms with Crippen LogP contribution in [0.2, 0.25) is 0 Å². The number of ether oxygens (including phenoxy) is 1. The van der Waals surface area contributed by atoms with E-state index in [1.54, 1.807) is 36.3 Å². The van der Waals surface area contributed by atoms with E-state index in [-0.39, 0.29) is 29.7 Å². The van der Waals surface area contributed by atoms with E-state index < -0.39 is 12.1 Å². The summed E-state index contributed by atoms with van der Waals surface area (Å²) in [6, 6.07) is 5.95. The first-order valence-corrected chi connectivity index (χ1v) is 12.1. The van der Waals surface area contributed by atoms with Crippen LogP contribution < -0.4 is 15.4 Å². The molecule has 33 heavy (non-hydrogen) atoms. The molecule has 8 heteroatoms. The minimum absolute atomic E-state index is 0.0319. The highest BCUT2D eigenvalue weighted by Crippen LogP contribution is 2.27. The lowest BCUT2D eigenvalue weighted by atomic mass is 9.87. The van der Waals surface area contributed by atoms with Gasteiger partial charge in [-0.1, -0.05) is 39.2 Å². The molecule has 2 fully saturated rings. The summed E-state index contributed by atoms with van der Waals surface area (Å²) in [5.74, 6) is 0.825. The molecule has 2 N–H and O–H groups in total. The fraction of sp³-hybridized carbons (Fsp3) is 0.640. The van der Waals surface area contributed by atoms with E-state index in [2.05, 4.69) is 10.6 Å². The summed E-state index contributed by atoms with van der Waals surface area (Å²) in [7, 11) is 1.57. The maximum atomic E-state index is 13.3. The smallest absolute Gasteiger partial charge is 0.319 e. The molecule has 2 unspecified atom stereocenters. The quantitative estimate of drug-likeness (QED) is 0.683. The van der Waals surface area contributed by atoms with E-state index in [0.29, 0.717) is 31.1 Å². The van der Waals surface area contributed by atoms with Crippen molar-refractivity contribution in [2.75, 3.05) is 32.1 Å². The number of carbonyl (C=O) groups is 3. The Morgan fingerprint density at radius 2 is 1.82 bits per heavy atom. The van der Waals surface area contributed by atoms with E-state index in [1.165, 1.54) is 6.42 Å². The summed E-state index contributed by atoms with van der Waals surface area (Å²) in [6.45, 7) is 7.36. The first-order chi connectivity index (χ1) is 15.8. The van der Waals surface area contributed by atoms with Crippen LogP contribution in [-0.4, -0.2) is 66.5 Å². The molecule has 0 radical (unpaired) electrons. The van der Waals surface area contributed by atoms with Gasteiger partial charge in [0.05, 0.1) is 7.11 Å². The minimum Gasteiger partial charge on any atom is -0.497 e. The van der Waals surface area contributed by atoms with E-state index in [9.17, 15) is 14.4 Å². The van der Waals surface area contributed by atoms with Gasteiger partial charge >= 0.3 is 6.03 Å². The highest BCUT2D eigenvalue weighted by molar-refractivity contribution is 5.94. The number of hydrogen-bond acceptors (Lipinski definition) is 4. The van der Waals surface area contributed by atoms with Crippen molar-refractivity contribution in [3.05, 3.63) is 24.3 Å². The molecular weight excluding hydrogens is 420 g/mol. The number of rotatable bonds is 6. The van der Waals surface area contributed by atoms with Crippen LogP contribution in [0.3, 0.4) is 0 Å². The predicted molar refractivity (Wildman–Crippen MR) is 128 cm³/mol. The van der Waals surface area contributed by atoms with Crippen molar-refractivity contribution < 1.29 is 19.1 Å². The molecule has 2 atom stereocenters. The fourth-order valence-corrected chi connectivity index (χ4v) is 4.79. The maximum Gasteiger partial charge on any atom is 0.319 e. The standard InChI is InChI=1S/C25H38N4O4/c1-17(2)22(27-25(32)26-20-11-8-12-21(15-20)33-4)24(31)28-13-14-29(18(3)16-28)23(30)19-9-6-5-7-10-19/h8,11-12,15,17-19,22H,5-7,9-10,13-14,16H2,1-4H3,(H2,26,27,32). The number of hydrogen-bond donors (Lipinski definition) is 2. The summed E-state index contributed by atoms with van der Waals surface area (Å²) in [5, 5.41) is 5.61. The maximum absolute atomic E-state index is 13.3. The predicted octanol–water partition coefficient (Wildman–Crippen LogP) is 3.48. The van der Waals surface area contributed by atoms with Crippen LogP contribution in [0.25, 0.3) is 0 Å². The SMILES string of the molecule is COc1cccc(NC(=O)NC(C(=O)N2CCN(C(=O)C3CCCCC3)C(C)C2)C(C)C)c1. The lowest BCUT2D eigenvalue weighted by Crippen LogP contribution is -2.60. The lowest BCUT2D eigenvalue weighted by Gasteiger charge is -2.43. The molecule has 1 saturated carbocycles. The molecule has 1 aromatic carbocycles. The van der Waals surface area contributed by atoms with Gasteiger partial charge in [-0.05, 0) is 37.8 Å². The zero-order valence-corrected chi connectivity index (χ0v) is 20.3. The van der Waals surface area contributed by atoms with Gasteiger partial charge in [0.2, 0.25) is 11.8 Å². The molecule has 1 aliphatic carbocycles. The van der Waals surface area contributed by atoms with Crippen LogP contribution in [0.5, 0.6) is 5.75 Å². The number of amides is 4. The van der Waals surface area contributed by atoms with Crippen LogP contribution in [0, 0.1) is 11.8 Å². The van der Waals surface area contributed by atoms with Gasteiger partial charge in [-0.25, -0.2) is 4.79 Å². The molecule has 0 bridgehead atoms. The number of urea groups is 1. The van der Waals surface area contributed by atoms with Gasteiger partial charge in [-0.2, -0.15) is 0 Å². The first kappa shape index (κ1) is 24.9.